The van der Waals surface area contributed by atoms with Crippen molar-refractivity contribution < 1.29 is 17.9 Å². The van der Waals surface area contributed by atoms with E-state index in [1.54, 1.807) is 24.3 Å². The molecule has 0 aliphatic carbocycles. The van der Waals surface area contributed by atoms with E-state index < -0.39 is 10.0 Å². The normalized spacial score (nSPS) is 14.6. The van der Waals surface area contributed by atoms with Crippen molar-refractivity contribution in [3.63, 3.8) is 0 Å². The number of ether oxygens (including phenoxy) is 1. The summed E-state index contributed by atoms with van der Waals surface area (Å²) in [5.74, 6) is 1.83. The molecule has 1 aliphatic heterocycles. The van der Waals surface area contributed by atoms with Gasteiger partial charge in [-0.25, -0.2) is 13.2 Å². The zero-order valence-electron chi connectivity index (χ0n) is 23.0. The van der Waals surface area contributed by atoms with Crippen molar-refractivity contribution in [3.05, 3.63) is 54.1 Å². The number of likely N-dealkylation sites (tertiary alicyclic amines) is 1. The maximum Gasteiger partial charge on any atom is 0.317 e. The average Bonchev–Trinajstić information content (AvgIpc) is 2.84. The first-order valence-corrected chi connectivity index (χ1v) is 15.1. The first-order valence-electron chi connectivity index (χ1n) is 13.2. The molecule has 0 bridgehead atoms. The van der Waals surface area contributed by atoms with Gasteiger partial charge >= 0.3 is 6.03 Å². The number of anilines is 1. The molecule has 0 radical (unpaired) electrons. The van der Waals surface area contributed by atoms with E-state index in [2.05, 4.69) is 47.8 Å². The maximum atomic E-state index is 12.8. The summed E-state index contributed by atoms with van der Waals surface area (Å²) >= 11 is 0. The molecule has 8 nitrogen and oxygen atoms in total. The fourth-order valence-corrected chi connectivity index (χ4v) is 4.99. The lowest BCUT2D eigenvalue weighted by atomic mass is 10.0. The van der Waals surface area contributed by atoms with Gasteiger partial charge in [0.2, 0.25) is 10.0 Å². The van der Waals surface area contributed by atoms with E-state index in [9.17, 15) is 13.2 Å². The number of sulfonamides is 1. The minimum absolute atomic E-state index is 0. The smallest absolute Gasteiger partial charge is 0.317 e. The van der Waals surface area contributed by atoms with Crippen molar-refractivity contribution in [3.8, 4) is 11.5 Å². The number of hydrogen-bond acceptors (Lipinski definition) is 5. The van der Waals surface area contributed by atoms with Crippen molar-refractivity contribution in [2.24, 2.45) is 5.92 Å². The van der Waals surface area contributed by atoms with E-state index in [1.807, 2.05) is 17.0 Å². The number of rotatable bonds is 12. The molecule has 2 aromatic rings. The molecule has 2 amide bonds. The van der Waals surface area contributed by atoms with Crippen LogP contribution in [0.15, 0.2) is 48.5 Å². The van der Waals surface area contributed by atoms with Crippen molar-refractivity contribution >= 4 is 34.1 Å². The predicted molar refractivity (Wildman–Crippen MR) is 157 cm³/mol. The summed E-state index contributed by atoms with van der Waals surface area (Å²) in [4.78, 5) is 17.2. The highest BCUT2D eigenvalue weighted by atomic mass is 35.5. The summed E-state index contributed by atoms with van der Waals surface area (Å²) in [7, 11) is -3.30. The topological polar surface area (TPSA) is 91.0 Å². The second-order valence-electron chi connectivity index (χ2n) is 10.3. The van der Waals surface area contributed by atoms with Crippen LogP contribution in [0.4, 0.5) is 10.5 Å². The molecule has 1 fully saturated rings. The van der Waals surface area contributed by atoms with E-state index in [0.717, 1.165) is 70.4 Å². The lowest BCUT2D eigenvalue weighted by Gasteiger charge is -2.34. The van der Waals surface area contributed by atoms with Gasteiger partial charge in [0.1, 0.15) is 11.5 Å². The van der Waals surface area contributed by atoms with Crippen LogP contribution in [0.3, 0.4) is 0 Å². The molecule has 38 heavy (non-hydrogen) atoms. The van der Waals surface area contributed by atoms with Gasteiger partial charge in [0.15, 0.2) is 0 Å². The molecule has 1 aliphatic rings. The molecule has 2 aromatic carbocycles. The van der Waals surface area contributed by atoms with Crippen LogP contribution in [0.2, 0.25) is 0 Å². The number of amides is 2. The standard InChI is InChI=1S/C28H42N4O4S.ClH/c1-5-6-17-32(20-22(2)3)28(33)29-24-15-18-31(19-16-24)21-23-7-11-26(12-8-23)36-27-13-9-25(10-14-27)30-37(4,34)35;/h7-14,22,24,30H,5-6,15-21H2,1-4H3,(H,29,33);1H. The minimum Gasteiger partial charge on any atom is -0.457 e. The van der Waals surface area contributed by atoms with Crippen molar-refractivity contribution in [2.75, 3.05) is 37.2 Å². The number of carbonyl (C=O) groups excluding carboxylic acids is 1. The van der Waals surface area contributed by atoms with Crippen molar-refractivity contribution in [2.45, 2.75) is 59.0 Å². The zero-order chi connectivity index (χ0) is 26.8. The largest absolute Gasteiger partial charge is 0.457 e. The van der Waals surface area contributed by atoms with Crippen LogP contribution >= 0.6 is 12.4 Å². The molecule has 2 N–H and O–H groups in total. The Hall–Kier alpha value is -2.49. The van der Waals surface area contributed by atoms with Gasteiger partial charge in [-0.3, -0.25) is 9.62 Å². The number of urea groups is 1. The number of nitrogens with one attached hydrogen (secondary N) is 2. The van der Waals surface area contributed by atoms with Gasteiger partial charge in [0.05, 0.1) is 6.26 Å². The average molecular weight is 567 g/mol. The quantitative estimate of drug-likeness (QED) is 0.344. The highest BCUT2D eigenvalue weighted by Crippen LogP contribution is 2.24. The van der Waals surface area contributed by atoms with E-state index in [0.29, 0.717) is 17.4 Å². The summed E-state index contributed by atoms with van der Waals surface area (Å²) in [6.45, 7) is 10.9. The predicted octanol–water partition coefficient (Wildman–Crippen LogP) is 5.70. The van der Waals surface area contributed by atoms with Crippen molar-refractivity contribution in [1.29, 1.82) is 0 Å². The second kappa shape index (κ2) is 15.2. The third kappa shape index (κ3) is 11.1. The molecule has 0 saturated carbocycles. The molecule has 0 unspecified atom stereocenters. The first-order chi connectivity index (χ1) is 17.6. The van der Waals surface area contributed by atoms with Gasteiger partial charge in [0.25, 0.3) is 0 Å². The van der Waals surface area contributed by atoms with Gasteiger partial charge in [-0.15, -0.1) is 12.4 Å². The van der Waals surface area contributed by atoms with E-state index in [1.165, 1.54) is 5.56 Å². The highest BCUT2D eigenvalue weighted by molar-refractivity contribution is 7.92. The third-order valence-electron chi connectivity index (χ3n) is 6.29. The molecule has 0 spiro atoms. The lowest BCUT2D eigenvalue weighted by Crippen LogP contribution is -2.50. The van der Waals surface area contributed by atoms with Crippen LogP contribution in [0.25, 0.3) is 0 Å². The summed E-state index contributed by atoms with van der Waals surface area (Å²) in [5, 5.41) is 3.27. The molecule has 0 atom stereocenters. The number of nitrogens with zero attached hydrogens (tertiary/aromatic N) is 2. The summed E-state index contributed by atoms with van der Waals surface area (Å²) in [6, 6.07) is 15.2. The molecule has 1 saturated heterocycles. The van der Waals surface area contributed by atoms with E-state index in [-0.39, 0.29) is 24.5 Å². The Morgan fingerprint density at radius 2 is 1.63 bits per heavy atom. The molecule has 212 valence electrons. The summed E-state index contributed by atoms with van der Waals surface area (Å²) in [5.41, 5.74) is 1.71. The molecule has 0 aromatic heterocycles. The number of hydrogen-bond donors (Lipinski definition) is 2. The number of halogens is 1. The van der Waals surface area contributed by atoms with Crippen LogP contribution in [0.5, 0.6) is 11.5 Å². The Morgan fingerprint density at radius 3 is 2.16 bits per heavy atom. The maximum absolute atomic E-state index is 12.8. The Morgan fingerprint density at radius 1 is 1.05 bits per heavy atom. The van der Waals surface area contributed by atoms with E-state index >= 15 is 0 Å². The number of unbranched alkanes of at least 4 members (excludes halogenated alkanes) is 1. The molecular weight excluding hydrogens is 524 g/mol. The minimum atomic E-state index is -3.30. The SMILES string of the molecule is CCCCN(CC(C)C)C(=O)NC1CCN(Cc2ccc(Oc3ccc(NS(C)(=O)=O)cc3)cc2)CC1.Cl. The summed E-state index contributed by atoms with van der Waals surface area (Å²) < 4.78 is 31.0. The lowest BCUT2D eigenvalue weighted by molar-refractivity contribution is 0.164. The van der Waals surface area contributed by atoms with Crippen LogP contribution in [0, 0.1) is 5.92 Å². The summed E-state index contributed by atoms with van der Waals surface area (Å²) in [6.07, 6.45) is 5.17. The third-order valence-corrected chi connectivity index (χ3v) is 6.90. The number of carbonyl (C=O) groups is 1. The van der Waals surface area contributed by atoms with E-state index in [4.69, 9.17) is 4.74 Å². The highest BCUT2D eigenvalue weighted by Gasteiger charge is 2.23. The Kier molecular flexibility index (Phi) is 12.7. The number of benzene rings is 2. The Labute approximate surface area is 234 Å². The van der Waals surface area contributed by atoms with Gasteiger partial charge in [-0.1, -0.05) is 39.3 Å². The fraction of sp³-hybridized carbons (Fsp3) is 0.536. The second-order valence-corrected chi connectivity index (χ2v) is 12.1. The first kappa shape index (κ1) is 31.7. The van der Waals surface area contributed by atoms with Gasteiger partial charge < -0.3 is 15.0 Å². The molecule has 10 heteroatoms. The van der Waals surface area contributed by atoms with Crippen LogP contribution in [0.1, 0.15) is 52.0 Å². The van der Waals surface area contributed by atoms with Gasteiger partial charge in [-0.2, -0.15) is 0 Å². The molecule has 1 heterocycles. The molecule has 3 rings (SSSR count). The monoisotopic (exact) mass is 566 g/mol. The van der Waals surface area contributed by atoms with Crippen molar-refractivity contribution in [1.82, 2.24) is 15.1 Å². The fourth-order valence-electron chi connectivity index (χ4n) is 4.43. The zero-order valence-corrected chi connectivity index (χ0v) is 24.6. The Bertz CT molecular complexity index is 1090. The molecular formula is C28H43ClN4O4S. The van der Waals surface area contributed by atoms with Gasteiger partial charge in [-0.05, 0) is 67.1 Å². The van der Waals surface area contributed by atoms with Crippen LogP contribution in [-0.2, 0) is 16.6 Å². The van der Waals surface area contributed by atoms with Gasteiger partial charge in [0, 0.05) is 44.5 Å². The van der Waals surface area contributed by atoms with Crippen LogP contribution < -0.4 is 14.8 Å². The number of piperidine rings is 1. The van der Waals surface area contributed by atoms with Crippen LogP contribution in [-0.4, -0.2) is 62.7 Å². The Balaban J connectivity index is 0.00000507.